The van der Waals surface area contributed by atoms with Gasteiger partial charge in [0.05, 0.1) is 11.3 Å². The summed E-state index contributed by atoms with van der Waals surface area (Å²) in [6, 6.07) is 6.96. The second kappa shape index (κ2) is 4.96. The van der Waals surface area contributed by atoms with Crippen molar-refractivity contribution in [1.29, 1.82) is 0 Å². The van der Waals surface area contributed by atoms with Crippen LogP contribution in [0, 0.1) is 6.92 Å². The zero-order chi connectivity index (χ0) is 13.3. The van der Waals surface area contributed by atoms with Gasteiger partial charge in [-0.2, -0.15) is 5.10 Å². The molecule has 94 valence electrons. The zero-order valence-electron chi connectivity index (χ0n) is 9.98. The Kier molecular flexibility index (Phi) is 3.54. The van der Waals surface area contributed by atoms with Crippen LogP contribution < -0.4 is 10.5 Å². The van der Waals surface area contributed by atoms with Gasteiger partial charge in [-0.05, 0) is 19.1 Å². The third-order valence-electron chi connectivity index (χ3n) is 2.38. The van der Waals surface area contributed by atoms with Crippen molar-refractivity contribution in [2.45, 2.75) is 6.92 Å². The number of nitrogens with zero attached hydrogens (tertiary/aromatic N) is 2. The summed E-state index contributed by atoms with van der Waals surface area (Å²) in [5, 5.41) is 4.76. The number of aromatic nitrogens is 2. The van der Waals surface area contributed by atoms with Gasteiger partial charge in [0.25, 0.3) is 0 Å². The average Bonchev–Trinajstić information content (AvgIpc) is 2.57. The number of ether oxygens (including phenoxy) is 1. The first-order valence-electron chi connectivity index (χ1n) is 5.25. The lowest BCUT2D eigenvalue weighted by Gasteiger charge is -2.10. The Morgan fingerprint density at radius 2 is 2.17 bits per heavy atom. The summed E-state index contributed by atoms with van der Waals surface area (Å²) in [5.74, 6) is 1.13. The van der Waals surface area contributed by atoms with E-state index >= 15 is 0 Å². The van der Waals surface area contributed by atoms with Gasteiger partial charge < -0.3 is 10.5 Å². The van der Waals surface area contributed by atoms with Crippen molar-refractivity contribution >= 4 is 28.8 Å². The van der Waals surface area contributed by atoms with E-state index in [1.807, 2.05) is 13.0 Å². The molecule has 0 aliphatic heterocycles. The van der Waals surface area contributed by atoms with E-state index in [0.29, 0.717) is 22.2 Å². The lowest BCUT2D eigenvalue weighted by atomic mass is 10.2. The molecule has 0 fully saturated rings. The minimum Gasteiger partial charge on any atom is -0.439 e. The van der Waals surface area contributed by atoms with Crippen LogP contribution in [0.2, 0.25) is 5.02 Å². The van der Waals surface area contributed by atoms with Gasteiger partial charge in [-0.1, -0.05) is 23.8 Å². The van der Waals surface area contributed by atoms with E-state index in [9.17, 15) is 0 Å². The fraction of sp³-hybridized carbons (Fsp3) is 0.167. The summed E-state index contributed by atoms with van der Waals surface area (Å²) < 4.78 is 7.39. The Morgan fingerprint density at radius 3 is 2.72 bits per heavy atom. The lowest BCUT2D eigenvalue weighted by molar-refractivity contribution is 0.430. The zero-order valence-corrected chi connectivity index (χ0v) is 11.5. The third-order valence-corrected chi connectivity index (χ3v) is 2.84. The van der Waals surface area contributed by atoms with E-state index in [-0.39, 0.29) is 4.99 Å². The molecule has 0 saturated carbocycles. The summed E-state index contributed by atoms with van der Waals surface area (Å²) in [4.78, 5) is 0.264. The summed E-state index contributed by atoms with van der Waals surface area (Å²) >= 11 is 10.9. The van der Waals surface area contributed by atoms with Gasteiger partial charge in [-0.3, -0.25) is 0 Å². The van der Waals surface area contributed by atoms with E-state index < -0.39 is 0 Å². The molecular formula is C12H12ClN3OS. The van der Waals surface area contributed by atoms with Crippen LogP contribution in [0.15, 0.2) is 24.3 Å². The molecule has 2 aromatic rings. The van der Waals surface area contributed by atoms with E-state index in [1.54, 1.807) is 29.9 Å². The smallest absolute Gasteiger partial charge is 0.217 e. The number of aryl methyl sites for hydroxylation is 2. The van der Waals surface area contributed by atoms with Crippen molar-refractivity contribution in [3.8, 4) is 11.6 Å². The molecule has 6 heteroatoms. The molecule has 1 aromatic heterocycles. The van der Waals surface area contributed by atoms with Gasteiger partial charge in [-0.25, -0.2) is 4.68 Å². The molecule has 0 bridgehead atoms. The molecule has 0 aliphatic rings. The van der Waals surface area contributed by atoms with Crippen molar-refractivity contribution in [3.05, 3.63) is 40.5 Å². The summed E-state index contributed by atoms with van der Waals surface area (Å²) in [6.07, 6.45) is 0. The second-order valence-electron chi connectivity index (χ2n) is 3.85. The van der Waals surface area contributed by atoms with E-state index in [0.717, 1.165) is 5.69 Å². The maximum atomic E-state index is 5.95. The minimum absolute atomic E-state index is 0.264. The minimum atomic E-state index is 0.264. The van der Waals surface area contributed by atoms with Crippen LogP contribution in [-0.2, 0) is 7.05 Å². The lowest BCUT2D eigenvalue weighted by Crippen LogP contribution is -2.11. The highest BCUT2D eigenvalue weighted by Crippen LogP contribution is 2.28. The van der Waals surface area contributed by atoms with Crippen LogP contribution in [0.4, 0.5) is 0 Å². The molecule has 1 aromatic carbocycles. The van der Waals surface area contributed by atoms with Gasteiger partial charge >= 0.3 is 0 Å². The Balaban J connectivity index is 2.42. The quantitative estimate of drug-likeness (QED) is 0.879. The standard InChI is InChI=1S/C12H12ClN3OS/c1-7-5-11(16(2)15-7)17-10-6-8(13)3-4-9(10)12(14)18/h3-6H,1-2H3,(H2,14,18). The van der Waals surface area contributed by atoms with Crippen LogP contribution in [0.5, 0.6) is 11.6 Å². The Bertz CT molecular complexity index is 609. The fourth-order valence-corrected chi connectivity index (χ4v) is 1.91. The number of halogens is 1. The van der Waals surface area contributed by atoms with Gasteiger partial charge in [0.15, 0.2) is 0 Å². The number of nitrogens with two attached hydrogens (primary N) is 1. The highest BCUT2D eigenvalue weighted by Gasteiger charge is 2.11. The molecule has 0 spiro atoms. The maximum Gasteiger partial charge on any atom is 0.217 e. The van der Waals surface area contributed by atoms with Gasteiger partial charge in [0.2, 0.25) is 5.88 Å². The second-order valence-corrected chi connectivity index (χ2v) is 4.73. The SMILES string of the molecule is Cc1cc(Oc2cc(Cl)ccc2C(N)=S)n(C)n1. The Labute approximate surface area is 115 Å². The van der Waals surface area contributed by atoms with Crippen molar-refractivity contribution in [1.82, 2.24) is 9.78 Å². The predicted octanol–water partition coefficient (Wildman–Crippen LogP) is 2.81. The molecule has 0 radical (unpaired) electrons. The number of hydrogen-bond donors (Lipinski definition) is 1. The molecule has 0 amide bonds. The number of hydrogen-bond acceptors (Lipinski definition) is 3. The molecule has 18 heavy (non-hydrogen) atoms. The molecule has 2 N–H and O–H groups in total. The van der Waals surface area contributed by atoms with Crippen LogP contribution in [0.1, 0.15) is 11.3 Å². The molecule has 0 unspecified atom stereocenters. The van der Waals surface area contributed by atoms with Crippen LogP contribution in [-0.4, -0.2) is 14.8 Å². The summed E-state index contributed by atoms with van der Waals surface area (Å²) in [7, 11) is 1.80. The Morgan fingerprint density at radius 1 is 1.44 bits per heavy atom. The molecule has 4 nitrogen and oxygen atoms in total. The largest absolute Gasteiger partial charge is 0.439 e. The molecule has 2 rings (SSSR count). The normalized spacial score (nSPS) is 10.4. The predicted molar refractivity (Wildman–Crippen MR) is 75.4 cm³/mol. The first kappa shape index (κ1) is 12.9. The van der Waals surface area contributed by atoms with Gasteiger partial charge in [-0.15, -0.1) is 0 Å². The van der Waals surface area contributed by atoms with Gasteiger partial charge in [0.1, 0.15) is 10.7 Å². The number of benzene rings is 1. The fourth-order valence-electron chi connectivity index (χ4n) is 1.58. The number of thiocarbonyl (C=S) groups is 1. The topological polar surface area (TPSA) is 53.1 Å². The molecule has 0 aliphatic carbocycles. The molecular weight excluding hydrogens is 270 g/mol. The highest BCUT2D eigenvalue weighted by molar-refractivity contribution is 7.80. The molecule has 0 atom stereocenters. The molecule has 1 heterocycles. The van der Waals surface area contributed by atoms with Crippen molar-refractivity contribution in [3.63, 3.8) is 0 Å². The van der Waals surface area contributed by atoms with E-state index in [2.05, 4.69) is 5.10 Å². The van der Waals surface area contributed by atoms with Crippen molar-refractivity contribution in [2.75, 3.05) is 0 Å². The van der Waals surface area contributed by atoms with E-state index in [1.165, 1.54) is 0 Å². The van der Waals surface area contributed by atoms with Gasteiger partial charge in [0, 0.05) is 24.2 Å². The Hall–Kier alpha value is -1.59. The van der Waals surface area contributed by atoms with Crippen molar-refractivity contribution < 1.29 is 4.74 Å². The monoisotopic (exact) mass is 281 g/mol. The summed E-state index contributed by atoms with van der Waals surface area (Å²) in [6.45, 7) is 1.89. The highest BCUT2D eigenvalue weighted by atomic mass is 35.5. The van der Waals surface area contributed by atoms with Crippen molar-refractivity contribution in [2.24, 2.45) is 12.8 Å². The average molecular weight is 282 g/mol. The van der Waals surface area contributed by atoms with Crippen LogP contribution in [0.3, 0.4) is 0 Å². The van der Waals surface area contributed by atoms with Crippen LogP contribution >= 0.6 is 23.8 Å². The molecule has 0 saturated heterocycles. The van der Waals surface area contributed by atoms with E-state index in [4.69, 9.17) is 34.3 Å². The summed E-state index contributed by atoms with van der Waals surface area (Å²) in [5.41, 5.74) is 7.16. The third kappa shape index (κ3) is 2.63. The first-order chi connectivity index (χ1) is 8.47. The first-order valence-corrected chi connectivity index (χ1v) is 6.04. The maximum absolute atomic E-state index is 5.95. The van der Waals surface area contributed by atoms with Crippen LogP contribution in [0.25, 0.3) is 0 Å². The number of rotatable bonds is 3.